The summed E-state index contributed by atoms with van der Waals surface area (Å²) in [6.07, 6.45) is 3.09. The molecular weight excluding hydrogens is 296 g/mol. The van der Waals surface area contributed by atoms with Crippen molar-refractivity contribution in [1.82, 2.24) is 5.32 Å². The average molecular weight is 322 g/mol. The minimum Gasteiger partial charge on any atom is -0.344 e. The molecule has 0 unspecified atom stereocenters. The number of amides is 1. The Morgan fingerprint density at radius 3 is 2.04 bits per heavy atom. The highest BCUT2D eigenvalue weighted by Gasteiger charge is 2.36. The van der Waals surface area contributed by atoms with Gasteiger partial charge in [-0.25, -0.2) is 0 Å². The Kier molecular flexibility index (Phi) is 4.46. The zero-order chi connectivity index (χ0) is 17.3. The zero-order valence-corrected chi connectivity index (χ0v) is 14.7. The number of hydrogen-bond donors (Lipinski definition) is 2. The number of nitrogens with two attached hydrogens (primary N) is 1. The first-order valence-electron chi connectivity index (χ1n) is 8.59. The van der Waals surface area contributed by atoms with Crippen LogP contribution < -0.4 is 11.1 Å². The number of carbonyl (C=O) groups is 1. The standard InChI is InChI=1S/C21H26N2O/c1-14-4-8-18-16(10-14)6-7-17-11-15(2)5-9-19(17)21(18,3)12-20(22)23-13-24/h4-5,8-11,13,20H,6-7,12,22H2,1-3H3,(H,23,24)/t20-/m1/s1. The van der Waals surface area contributed by atoms with E-state index in [1.54, 1.807) is 0 Å². The van der Waals surface area contributed by atoms with E-state index in [-0.39, 0.29) is 11.6 Å². The average Bonchev–Trinajstić information content (AvgIpc) is 2.62. The van der Waals surface area contributed by atoms with E-state index in [9.17, 15) is 4.79 Å². The van der Waals surface area contributed by atoms with Crippen molar-refractivity contribution in [2.45, 2.75) is 51.6 Å². The molecule has 3 nitrogen and oxygen atoms in total. The van der Waals surface area contributed by atoms with Crippen molar-refractivity contribution in [3.8, 4) is 0 Å². The normalized spacial score (nSPS) is 16.5. The quantitative estimate of drug-likeness (QED) is 0.671. The van der Waals surface area contributed by atoms with Gasteiger partial charge in [-0.1, -0.05) is 54.4 Å². The second-order valence-electron chi connectivity index (χ2n) is 7.25. The van der Waals surface area contributed by atoms with Crippen molar-refractivity contribution in [2.75, 3.05) is 0 Å². The highest BCUT2D eigenvalue weighted by Crippen LogP contribution is 2.42. The van der Waals surface area contributed by atoms with Crippen molar-refractivity contribution >= 4 is 6.41 Å². The third-order valence-electron chi connectivity index (χ3n) is 5.28. The lowest BCUT2D eigenvalue weighted by atomic mass is 9.71. The Labute approximate surface area is 144 Å². The molecule has 3 rings (SSSR count). The van der Waals surface area contributed by atoms with Crippen LogP contribution in [-0.2, 0) is 23.1 Å². The summed E-state index contributed by atoms with van der Waals surface area (Å²) >= 11 is 0. The van der Waals surface area contributed by atoms with Crippen LogP contribution in [0, 0.1) is 13.8 Å². The Hall–Kier alpha value is -2.13. The molecule has 0 heterocycles. The molecule has 0 saturated carbocycles. The topological polar surface area (TPSA) is 55.1 Å². The van der Waals surface area contributed by atoms with Crippen LogP contribution in [0.15, 0.2) is 36.4 Å². The Bertz CT molecular complexity index is 713. The molecule has 3 heteroatoms. The third kappa shape index (κ3) is 2.96. The second kappa shape index (κ2) is 6.40. The van der Waals surface area contributed by atoms with Crippen LogP contribution in [0.2, 0.25) is 0 Å². The molecule has 1 atom stereocenters. The molecule has 126 valence electrons. The molecule has 0 fully saturated rings. The SMILES string of the molecule is Cc1ccc2c(c1)CCc1cc(C)ccc1C2(C)C[C@H](N)NC=O. The van der Waals surface area contributed by atoms with E-state index in [4.69, 9.17) is 5.73 Å². The van der Waals surface area contributed by atoms with Gasteiger partial charge in [0, 0.05) is 5.41 Å². The monoisotopic (exact) mass is 322 g/mol. The summed E-state index contributed by atoms with van der Waals surface area (Å²) in [6.45, 7) is 6.53. The summed E-state index contributed by atoms with van der Waals surface area (Å²) in [6, 6.07) is 13.4. The maximum absolute atomic E-state index is 10.8. The first-order chi connectivity index (χ1) is 11.4. The summed E-state index contributed by atoms with van der Waals surface area (Å²) in [5, 5.41) is 2.72. The molecule has 0 aromatic heterocycles. The lowest BCUT2D eigenvalue weighted by Crippen LogP contribution is -2.43. The van der Waals surface area contributed by atoms with Crippen LogP contribution in [0.5, 0.6) is 0 Å². The molecule has 0 saturated heterocycles. The number of benzene rings is 2. The lowest BCUT2D eigenvalue weighted by molar-refractivity contribution is -0.110. The number of fused-ring (bicyclic) bond motifs is 2. The van der Waals surface area contributed by atoms with Crippen molar-refractivity contribution in [3.05, 3.63) is 69.8 Å². The summed E-state index contributed by atoms with van der Waals surface area (Å²) < 4.78 is 0. The van der Waals surface area contributed by atoms with E-state index < -0.39 is 0 Å². The maximum atomic E-state index is 10.8. The van der Waals surface area contributed by atoms with Crippen LogP contribution >= 0.6 is 0 Å². The molecule has 1 aliphatic rings. The van der Waals surface area contributed by atoms with E-state index in [1.165, 1.54) is 33.4 Å². The highest BCUT2D eigenvalue weighted by molar-refractivity contribution is 5.52. The summed E-state index contributed by atoms with van der Waals surface area (Å²) in [7, 11) is 0. The smallest absolute Gasteiger partial charge is 0.208 e. The Morgan fingerprint density at radius 1 is 1.08 bits per heavy atom. The first-order valence-corrected chi connectivity index (χ1v) is 8.59. The van der Waals surface area contributed by atoms with Crippen LogP contribution in [0.1, 0.15) is 46.7 Å². The predicted octanol–water partition coefficient (Wildman–Crippen LogP) is 3.13. The van der Waals surface area contributed by atoms with E-state index in [2.05, 4.69) is 62.5 Å². The second-order valence-corrected chi connectivity index (χ2v) is 7.25. The number of carbonyl (C=O) groups excluding carboxylic acids is 1. The van der Waals surface area contributed by atoms with Gasteiger partial charge in [-0.2, -0.15) is 0 Å². The molecule has 24 heavy (non-hydrogen) atoms. The molecule has 2 aromatic rings. The summed E-state index contributed by atoms with van der Waals surface area (Å²) in [4.78, 5) is 10.8. The fourth-order valence-corrected chi connectivity index (χ4v) is 4.16. The van der Waals surface area contributed by atoms with Crippen LogP contribution in [0.3, 0.4) is 0 Å². The molecule has 1 aliphatic carbocycles. The minimum atomic E-state index is -0.367. The van der Waals surface area contributed by atoms with Gasteiger partial charge in [0.05, 0.1) is 6.17 Å². The predicted molar refractivity (Wildman–Crippen MR) is 98.0 cm³/mol. The van der Waals surface area contributed by atoms with Gasteiger partial charge in [0.2, 0.25) is 6.41 Å². The van der Waals surface area contributed by atoms with Crippen molar-refractivity contribution in [3.63, 3.8) is 0 Å². The Balaban J connectivity index is 2.18. The largest absolute Gasteiger partial charge is 0.344 e. The number of hydrogen-bond acceptors (Lipinski definition) is 2. The Morgan fingerprint density at radius 2 is 1.58 bits per heavy atom. The molecular formula is C21H26N2O. The molecule has 0 radical (unpaired) electrons. The zero-order valence-electron chi connectivity index (χ0n) is 14.7. The number of aryl methyl sites for hydroxylation is 4. The molecule has 0 aliphatic heterocycles. The van der Waals surface area contributed by atoms with E-state index in [1.807, 2.05) is 0 Å². The van der Waals surface area contributed by atoms with Gasteiger partial charge in [0.25, 0.3) is 0 Å². The van der Waals surface area contributed by atoms with Gasteiger partial charge >= 0.3 is 0 Å². The van der Waals surface area contributed by atoms with E-state index in [0.29, 0.717) is 12.8 Å². The lowest BCUT2D eigenvalue weighted by Gasteiger charge is -2.35. The molecule has 3 N–H and O–H groups in total. The van der Waals surface area contributed by atoms with Crippen LogP contribution in [0.25, 0.3) is 0 Å². The molecule has 1 amide bonds. The van der Waals surface area contributed by atoms with Gasteiger partial charge in [0.1, 0.15) is 0 Å². The van der Waals surface area contributed by atoms with Gasteiger partial charge in [-0.15, -0.1) is 0 Å². The number of nitrogens with one attached hydrogen (secondary N) is 1. The van der Waals surface area contributed by atoms with Gasteiger partial charge < -0.3 is 11.1 Å². The fourth-order valence-electron chi connectivity index (χ4n) is 4.16. The molecule has 0 bridgehead atoms. The highest BCUT2D eigenvalue weighted by atomic mass is 16.1. The van der Waals surface area contributed by atoms with Crippen LogP contribution in [-0.4, -0.2) is 12.6 Å². The maximum Gasteiger partial charge on any atom is 0.208 e. The van der Waals surface area contributed by atoms with Crippen molar-refractivity contribution < 1.29 is 4.79 Å². The van der Waals surface area contributed by atoms with Crippen molar-refractivity contribution in [1.29, 1.82) is 0 Å². The van der Waals surface area contributed by atoms with Gasteiger partial charge in [-0.3, -0.25) is 4.79 Å². The van der Waals surface area contributed by atoms with Gasteiger partial charge in [0.15, 0.2) is 0 Å². The molecule has 0 spiro atoms. The minimum absolute atomic E-state index is 0.210. The third-order valence-corrected chi connectivity index (χ3v) is 5.28. The van der Waals surface area contributed by atoms with E-state index >= 15 is 0 Å². The van der Waals surface area contributed by atoms with Gasteiger partial charge in [-0.05, 0) is 55.4 Å². The number of rotatable bonds is 4. The van der Waals surface area contributed by atoms with Crippen LogP contribution in [0.4, 0.5) is 0 Å². The fraction of sp³-hybridized carbons (Fsp3) is 0.381. The van der Waals surface area contributed by atoms with Crippen molar-refractivity contribution in [2.24, 2.45) is 5.73 Å². The molecule has 2 aromatic carbocycles. The van der Waals surface area contributed by atoms with E-state index in [0.717, 1.165) is 12.8 Å². The first kappa shape index (κ1) is 16.7. The summed E-state index contributed by atoms with van der Waals surface area (Å²) in [5.41, 5.74) is 14.0. The summed E-state index contributed by atoms with van der Waals surface area (Å²) in [5.74, 6) is 0.